The molecule has 0 aromatic heterocycles. The number of ketones is 1. The van der Waals surface area contributed by atoms with Gasteiger partial charge in [0.2, 0.25) is 11.4 Å². The summed E-state index contributed by atoms with van der Waals surface area (Å²) in [4.78, 5) is 13.2. The number of benzene rings is 3. The molecular weight excluding hydrogens is 367 g/mol. The number of rotatable bonds is 3. The van der Waals surface area contributed by atoms with Crippen LogP contribution >= 0.6 is 23.2 Å². The van der Waals surface area contributed by atoms with Gasteiger partial charge in [-0.15, -0.1) is 0 Å². The highest BCUT2D eigenvalue weighted by atomic mass is 35.5. The second kappa shape index (κ2) is 7.76. The lowest BCUT2D eigenvalue weighted by Gasteiger charge is -2.23. The Morgan fingerprint density at radius 1 is 0.808 bits per heavy atom. The molecule has 1 N–H and O–H groups in total. The van der Waals surface area contributed by atoms with Gasteiger partial charge in [0.25, 0.3) is 0 Å². The fraction of sp³-hybridized carbons (Fsp3) is 0.0455. The van der Waals surface area contributed by atoms with Gasteiger partial charge in [0, 0.05) is 21.7 Å². The Hall–Kier alpha value is -2.57. The molecule has 0 amide bonds. The van der Waals surface area contributed by atoms with E-state index in [4.69, 9.17) is 23.2 Å². The Bertz CT molecular complexity index is 1000. The van der Waals surface area contributed by atoms with Gasteiger partial charge >= 0.3 is 0 Å². The summed E-state index contributed by atoms with van der Waals surface area (Å²) in [5, 5.41) is 11.8. The third kappa shape index (κ3) is 3.66. The van der Waals surface area contributed by atoms with Crippen molar-refractivity contribution in [3.63, 3.8) is 0 Å². The molecule has 0 aliphatic rings. The lowest BCUT2D eigenvalue weighted by atomic mass is 9.86. The maximum atomic E-state index is 13.2. The normalized spacial score (nSPS) is 12.6. The van der Waals surface area contributed by atoms with Gasteiger partial charge in [-0.1, -0.05) is 77.7 Å². The van der Waals surface area contributed by atoms with Crippen molar-refractivity contribution in [3.05, 3.63) is 106 Å². The first-order valence-electron chi connectivity index (χ1n) is 7.87. The van der Waals surface area contributed by atoms with Crippen molar-refractivity contribution >= 4 is 29.0 Å². The highest BCUT2D eigenvalue weighted by molar-refractivity contribution is 6.35. The van der Waals surface area contributed by atoms with Gasteiger partial charge in [0.15, 0.2) is 0 Å². The Morgan fingerprint density at radius 2 is 1.38 bits per heavy atom. The van der Waals surface area contributed by atoms with Crippen molar-refractivity contribution in [2.45, 2.75) is 5.60 Å². The van der Waals surface area contributed by atoms with E-state index in [0.29, 0.717) is 5.56 Å². The van der Waals surface area contributed by atoms with Crippen LogP contribution in [0.4, 0.5) is 0 Å². The smallest absolute Gasteiger partial charge is 0.217 e. The van der Waals surface area contributed by atoms with Crippen LogP contribution in [-0.4, -0.2) is 10.9 Å². The average molecular weight is 381 g/mol. The molecule has 0 bridgehead atoms. The van der Waals surface area contributed by atoms with Crippen molar-refractivity contribution in [3.8, 4) is 11.8 Å². The molecule has 3 aromatic rings. The van der Waals surface area contributed by atoms with Gasteiger partial charge in [-0.3, -0.25) is 4.79 Å². The third-order valence-electron chi connectivity index (χ3n) is 3.87. The third-order valence-corrected chi connectivity index (χ3v) is 4.53. The van der Waals surface area contributed by atoms with Gasteiger partial charge in [0.05, 0.1) is 5.02 Å². The standard InChI is InChI=1S/C22H14Cl2O2/c23-19-12-6-4-10-17(19)21(25)22(26,18-11-5-7-13-20(18)24)15-14-16-8-2-1-3-9-16/h1-13,26H/t22-/m0/s1. The lowest BCUT2D eigenvalue weighted by molar-refractivity contribution is 0.0554. The fourth-order valence-corrected chi connectivity index (χ4v) is 3.02. The molecule has 3 rings (SSSR count). The molecule has 0 radical (unpaired) electrons. The molecule has 0 saturated heterocycles. The molecule has 0 aliphatic heterocycles. The Labute approximate surface area is 162 Å². The molecule has 0 unspecified atom stereocenters. The number of aliphatic hydroxyl groups is 1. The van der Waals surface area contributed by atoms with Crippen molar-refractivity contribution in [1.82, 2.24) is 0 Å². The molecule has 0 saturated carbocycles. The first-order valence-corrected chi connectivity index (χ1v) is 8.63. The van der Waals surface area contributed by atoms with Crippen LogP contribution in [0.3, 0.4) is 0 Å². The van der Waals surface area contributed by atoms with Crippen molar-refractivity contribution < 1.29 is 9.90 Å². The maximum Gasteiger partial charge on any atom is 0.217 e. The molecule has 1 atom stereocenters. The topological polar surface area (TPSA) is 37.3 Å². The summed E-state index contributed by atoms with van der Waals surface area (Å²) >= 11 is 12.4. The predicted molar refractivity (Wildman–Crippen MR) is 104 cm³/mol. The average Bonchev–Trinajstić information content (AvgIpc) is 2.67. The van der Waals surface area contributed by atoms with Crippen LogP contribution in [0.15, 0.2) is 78.9 Å². The summed E-state index contributed by atoms with van der Waals surface area (Å²) in [6, 6.07) is 22.2. The van der Waals surface area contributed by atoms with E-state index in [-0.39, 0.29) is 21.2 Å². The second-order valence-corrected chi connectivity index (χ2v) is 6.43. The van der Waals surface area contributed by atoms with E-state index in [1.165, 1.54) is 0 Å². The molecule has 26 heavy (non-hydrogen) atoms. The van der Waals surface area contributed by atoms with Crippen molar-refractivity contribution in [1.29, 1.82) is 0 Å². The fourth-order valence-electron chi connectivity index (χ4n) is 2.53. The summed E-state index contributed by atoms with van der Waals surface area (Å²) in [7, 11) is 0. The summed E-state index contributed by atoms with van der Waals surface area (Å²) < 4.78 is 0. The van der Waals surface area contributed by atoms with Crippen LogP contribution in [0.1, 0.15) is 21.5 Å². The van der Waals surface area contributed by atoms with Crippen molar-refractivity contribution in [2.75, 3.05) is 0 Å². The van der Waals surface area contributed by atoms with E-state index < -0.39 is 11.4 Å². The van der Waals surface area contributed by atoms with Crippen LogP contribution in [0, 0.1) is 11.8 Å². The van der Waals surface area contributed by atoms with E-state index in [9.17, 15) is 9.90 Å². The number of halogens is 2. The second-order valence-electron chi connectivity index (χ2n) is 5.62. The van der Waals surface area contributed by atoms with Crippen LogP contribution in [-0.2, 0) is 5.60 Å². The summed E-state index contributed by atoms with van der Waals surface area (Å²) in [6.45, 7) is 0. The SMILES string of the molecule is O=C(c1ccccc1Cl)[C@](O)(C#Cc1ccccc1)c1ccccc1Cl. The number of hydrogen-bond donors (Lipinski definition) is 1. The minimum atomic E-state index is -2.13. The highest BCUT2D eigenvalue weighted by Gasteiger charge is 2.39. The molecule has 4 heteroatoms. The zero-order valence-electron chi connectivity index (χ0n) is 13.6. The molecule has 0 heterocycles. The number of hydrogen-bond acceptors (Lipinski definition) is 2. The van der Waals surface area contributed by atoms with Gasteiger partial charge in [-0.25, -0.2) is 0 Å². The van der Waals surface area contributed by atoms with E-state index in [1.54, 1.807) is 60.7 Å². The molecule has 3 aromatic carbocycles. The zero-order valence-corrected chi connectivity index (χ0v) is 15.1. The summed E-state index contributed by atoms with van der Waals surface area (Å²) in [5.41, 5.74) is -1.06. The minimum Gasteiger partial charge on any atom is -0.367 e. The van der Waals surface area contributed by atoms with E-state index >= 15 is 0 Å². The predicted octanol–water partition coefficient (Wildman–Crippen LogP) is 5.12. The van der Waals surface area contributed by atoms with Gasteiger partial charge in [0.1, 0.15) is 0 Å². The highest BCUT2D eigenvalue weighted by Crippen LogP contribution is 2.33. The Morgan fingerprint density at radius 3 is 2.04 bits per heavy atom. The van der Waals surface area contributed by atoms with Gasteiger partial charge < -0.3 is 5.11 Å². The largest absolute Gasteiger partial charge is 0.367 e. The van der Waals surface area contributed by atoms with Crippen LogP contribution < -0.4 is 0 Å². The molecule has 0 spiro atoms. The first-order chi connectivity index (χ1) is 12.5. The van der Waals surface area contributed by atoms with Crippen LogP contribution in [0.2, 0.25) is 10.0 Å². The lowest BCUT2D eigenvalue weighted by Crippen LogP contribution is -2.35. The monoisotopic (exact) mass is 380 g/mol. The molecule has 0 aliphatic carbocycles. The quantitative estimate of drug-likeness (QED) is 0.505. The molecule has 128 valence electrons. The summed E-state index contributed by atoms with van der Waals surface area (Å²) in [5.74, 6) is 4.94. The maximum absolute atomic E-state index is 13.2. The first kappa shape index (κ1) is 18.2. The van der Waals surface area contributed by atoms with E-state index in [2.05, 4.69) is 11.8 Å². The Kier molecular flexibility index (Phi) is 5.44. The van der Waals surface area contributed by atoms with Crippen LogP contribution in [0.25, 0.3) is 0 Å². The number of Topliss-reactive ketones (excluding diaryl/α,β-unsaturated/α-hetero) is 1. The number of carbonyl (C=O) groups excluding carboxylic acids is 1. The Balaban J connectivity index is 2.17. The summed E-state index contributed by atoms with van der Waals surface area (Å²) in [6.07, 6.45) is 0. The molecular formula is C22H14Cl2O2. The van der Waals surface area contributed by atoms with E-state index in [0.717, 1.165) is 0 Å². The molecule has 2 nitrogen and oxygen atoms in total. The van der Waals surface area contributed by atoms with Gasteiger partial charge in [-0.05, 0) is 36.3 Å². The van der Waals surface area contributed by atoms with Crippen molar-refractivity contribution in [2.24, 2.45) is 0 Å². The number of carbonyl (C=O) groups is 1. The van der Waals surface area contributed by atoms with Crippen LogP contribution in [0.5, 0.6) is 0 Å². The van der Waals surface area contributed by atoms with E-state index in [1.807, 2.05) is 18.2 Å². The zero-order chi connectivity index (χ0) is 18.6. The minimum absolute atomic E-state index is 0.180. The van der Waals surface area contributed by atoms with Gasteiger partial charge in [-0.2, -0.15) is 0 Å². The molecule has 0 fully saturated rings.